The summed E-state index contributed by atoms with van der Waals surface area (Å²) in [6.45, 7) is 1.52. The monoisotopic (exact) mass is 251 g/mol. The van der Waals surface area contributed by atoms with Gasteiger partial charge >= 0.3 is 0 Å². The number of benzene rings is 1. The maximum Gasteiger partial charge on any atom is 0.160 e. The largest absolute Gasteiger partial charge is 0.504 e. The van der Waals surface area contributed by atoms with Crippen LogP contribution in [0.15, 0.2) is 18.2 Å². The molecule has 1 aliphatic rings. The van der Waals surface area contributed by atoms with E-state index in [1.807, 2.05) is 6.07 Å². The Labute approximate surface area is 108 Å². The summed E-state index contributed by atoms with van der Waals surface area (Å²) in [6.07, 6.45) is 3.00. The Bertz CT molecular complexity index is 395. The van der Waals surface area contributed by atoms with Crippen LogP contribution in [-0.4, -0.2) is 30.0 Å². The first-order valence-corrected chi connectivity index (χ1v) is 6.45. The summed E-state index contributed by atoms with van der Waals surface area (Å²) in [5, 5.41) is 22.7. The van der Waals surface area contributed by atoms with Crippen LogP contribution >= 0.6 is 0 Å². The minimum absolute atomic E-state index is 0.151. The predicted octanol–water partition coefficient (Wildman–Crippen LogP) is 1.65. The Hall–Kier alpha value is -1.26. The van der Waals surface area contributed by atoms with Crippen LogP contribution in [0.25, 0.3) is 0 Å². The van der Waals surface area contributed by atoms with Crippen molar-refractivity contribution >= 4 is 0 Å². The summed E-state index contributed by atoms with van der Waals surface area (Å²) in [5.41, 5.74) is 1.01. The fraction of sp³-hybridized carbons (Fsp3) is 0.571. The molecule has 1 fully saturated rings. The smallest absolute Gasteiger partial charge is 0.160 e. The molecular weight excluding hydrogens is 230 g/mol. The maximum absolute atomic E-state index is 9.70. The van der Waals surface area contributed by atoms with E-state index in [0.29, 0.717) is 18.2 Å². The number of aromatic hydroxyl groups is 1. The van der Waals surface area contributed by atoms with Crippen molar-refractivity contribution in [2.45, 2.75) is 31.9 Å². The zero-order valence-electron chi connectivity index (χ0n) is 10.7. The molecule has 0 aromatic heterocycles. The summed E-state index contributed by atoms with van der Waals surface area (Å²) in [4.78, 5) is 0. The van der Waals surface area contributed by atoms with Crippen molar-refractivity contribution < 1.29 is 14.9 Å². The highest BCUT2D eigenvalue weighted by Crippen LogP contribution is 2.27. The standard InChI is InChI=1S/C14H21NO3/c1-18-14-6-5-10(7-13(14)17)8-15-9-11-3-2-4-12(11)16/h5-7,11-12,15-17H,2-4,8-9H2,1H3. The Morgan fingerprint density at radius 2 is 2.22 bits per heavy atom. The molecule has 0 heterocycles. The second-order valence-corrected chi connectivity index (χ2v) is 4.90. The number of ether oxygens (including phenoxy) is 1. The first-order chi connectivity index (χ1) is 8.70. The highest BCUT2D eigenvalue weighted by atomic mass is 16.5. The molecule has 4 nitrogen and oxygen atoms in total. The highest BCUT2D eigenvalue weighted by Gasteiger charge is 2.24. The zero-order valence-corrected chi connectivity index (χ0v) is 10.7. The number of aliphatic hydroxyl groups is 1. The number of hydrogen-bond donors (Lipinski definition) is 3. The van der Waals surface area contributed by atoms with Crippen LogP contribution in [0.4, 0.5) is 0 Å². The van der Waals surface area contributed by atoms with Crippen molar-refractivity contribution in [3.63, 3.8) is 0 Å². The van der Waals surface area contributed by atoms with E-state index < -0.39 is 0 Å². The molecule has 1 aromatic carbocycles. The molecule has 1 aliphatic carbocycles. The molecule has 18 heavy (non-hydrogen) atoms. The van der Waals surface area contributed by atoms with Crippen molar-refractivity contribution in [3.05, 3.63) is 23.8 Å². The molecule has 100 valence electrons. The normalized spacial score (nSPS) is 23.2. The van der Waals surface area contributed by atoms with Gasteiger partial charge in [0, 0.05) is 13.1 Å². The molecule has 0 spiro atoms. The van der Waals surface area contributed by atoms with Gasteiger partial charge in [-0.1, -0.05) is 12.5 Å². The third-order valence-corrected chi connectivity index (χ3v) is 3.60. The molecule has 1 saturated carbocycles. The van der Waals surface area contributed by atoms with Crippen molar-refractivity contribution in [2.75, 3.05) is 13.7 Å². The van der Waals surface area contributed by atoms with Crippen molar-refractivity contribution in [1.82, 2.24) is 5.32 Å². The van der Waals surface area contributed by atoms with Gasteiger partial charge in [-0.25, -0.2) is 0 Å². The third-order valence-electron chi connectivity index (χ3n) is 3.60. The van der Waals surface area contributed by atoms with Gasteiger partial charge in [-0.05, 0) is 36.5 Å². The van der Waals surface area contributed by atoms with E-state index in [1.165, 1.54) is 7.11 Å². The first-order valence-electron chi connectivity index (χ1n) is 6.45. The summed E-state index contributed by atoms with van der Waals surface area (Å²) < 4.78 is 5.00. The quantitative estimate of drug-likeness (QED) is 0.744. The van der Waals surface area contributed by atoms with Gasteiger partial charge in [0.2, 0.25) is 0 Å². The number of phenolic OH excluding ortho intramolecular Hbond substituents is 1. The highest BCUT2D eigenvalue weighted by molar-refractivity contribution is 5.41. The SMILES string of the molecule is COc1ccc(CNCC2CCCC2O)cc1O. The maximum atomic E-state index is 9.70. The van der Waals surface area contributed by atoms with E-state index in [-0.39, 0.29) is 11.9 Å². The van der Waals surface area contributed by atoms with Gasteiger partial charge in [0.1, 0.15) is 0 Å². The van der Waals surface area contributed by atoms with E-state index in [9.17, 15) is 10.2 Å². The predicted molar refractivity (Wildman–Crippen MR) is 69.7 cm³/mol. The second kappa shape index (κ2) is 6.07. The number of hydrogen-bond acceptors (Lipinski definition) is 4. The summed E-state index contributed by atoms with van der Waals surface area (Å²) in [5.74, 6) is 1.03. The number of methoxy groups -OCH3 is 1. The molecule has 2 unspecified atom stereocenters. The van der Waals surface area contributed by atoms with Crippen LogP contribution in [0.5, 0.6) is 11.5 Å². The first kappa shape index (κ1) is 13.2. The van der Waals surface area contributed by atoms with Gasteiger partial charge < -0.3 is 20.3 Å². The van der Waals surface area contributed by atoms with E-state index >= 15 is 0 Å². The van der Waals surface area contributed by atoms with Crippen LogP contribution in [-0.2, 0) is 6.54 Å². The van der Waals surface area contributed by atoms with Gasteiger partial charge in [-0.15, -0.1) is 0 Å². The van der Waals surface area contributed by atoms with Gasteiger partial charge in [0.05, 0.1) is 13.2 Å². The minimum atomic E-state index is -0.151. The van der Waals surface area contributed by atoms with E-state index in [1.54, 1.807) is 12.1 Å². The number of phenols is 1. The molecule has 0 bridgehead atoms. The molecule has 0 radical (unpaired) electrons. The van der Waals surface area contributed by atoms with Crippen LogP contribution in [0, 0.1) is 5.92 Å². The lowest BCUT2D eigenvalue weighted by molar-refractivity contribution is 0.131. The molecule has 4 heteroatoms. The summed E-state index contributed by atoms with van der Waals surface area (Å²) in [7, 11) is 1.54. The van der Waals surface area contributed by atoms with Crippen molar-refractivity contribution in [3.8, 4) is 11.5 Å². The molecule has 0 amide bonds. The van der Waals surface area contributed by atoms with Gasteiger partial charge in [-0.3, -0.25) is 0 Å². The Morgan fingerprint density at radius 3 is 2.83 bits per heavy atom. The third kappa shape index (κ3) is 3.15. The molecule has 0 saturated heterocycles. The topological polar surface area (TPSA) is 61.7 Å². The lowest BCUT2D eigenvalue weighted by atomic mass is 10.1. The van der Waals surface area contributed by atoms with E-state index in [2.05, 4.69) is 5.32 Å². The number of rotatable bonds is 5. The summed E-state index contributed by atoms with van der Waals surface area (Å²) >= 11 is 0. The molecule has 0 aliphatic heterocycles. The van der Waals surface area contributed by atoms with Gasteiger partial charge in [0.25, 0.3) is 0 Å². The van der Waals surface area contributed by atoms with Crippen LogP contribution < -0.4 is 10.1 Å². The number of aliphatic hydroxyl groups excluding tert-OH is 1. The average Bonchev–Trinajstić information content (AvgIpc) is 2.75. The van der Waals surface area contributed by atoms with Crippen LogP contribution in [0.1, 0.15) is 24.8 Å². The molecule has 1 aromatic rings. The van der Waals surface area contributed by atoms with E-state index in [0.717, 1.165) is 31.4 Å². The van der Waals surface area contributed by atoms with Crippen molar-refractivity contribution in [2.24, 2.45) is 5.92 Å². The average molecular weight is 251 g/mol. The summed E-state index contributed by atoms with van der Waals surface area (Å²) in [6, 6.07) is 5.39. The van der Waals surface area contributed by atoms with Gasteiger partial charge in [0.15, 0.2) is 11.5 Å². The molecule has 2 atom stereocenters. The fourth-order valence-electron chi connectivity index (χ4n) is 2.50. The second-order valence-electron chi connectivity index (χ2n) is 4.90. The molecular formula is C14H21NO3. The van der Waals surface area contributed by atoms with Crippen molar-refractivity contribution in [1.29, 1.82) is 0 Å². The minimum Gasteiger partial charge on any atom is -0.504 e. The van der Waals surface area contributed by atoms with Crippen LogP contribution in [0.2, 0.25) is 0 Å². The Balaban J connectivity index is 1.81. The zero-order chi connectivity index (χ0) is 13.0. The Kier molecular flexibility index (Phi) is 4.44. The lowest BCUT2D eigenvalue weighted by Gasteiger charge is -2.15. The van der Waals surface area contributed by atoms with E-state index in [4.69, 9.17) is 4.74 Å². The molecule has 2 rings (SSSR count). The Morgan fingerprint density at radius 1 is 1.39 bits per heavy atom. The molecule has 3 N–H and O–H groups in total. The lowest BCUT2D eigenvalue weighted by Crippen LogP contribution is -2.27. The van der Waals surface area contributed by atoms with Crippen LogP contribution in [0.3, 0.4) is 0 Å². The number of nitrogens with one attached hydrogen (secondary N) is 1. The fourth-order valence-corrected chi connectivity index (χ4v) is 2.50. The van der Waals surface area contributed by atoms with Gasteiger partial charge in [-0.2, -0.15) is 0 Å².